The second-order valence-corrected chi connectivity index (χ2v) is 3.78. The lowest BCUT2D eigenvalue weighted by atomic mass is 10.0. The van der Waals surface area contributed by atoms with Crippen molar-refractivity contribution in [2.24, 2.45) is 0 Å². The zero-order valence-electron chi connectivity index (χ0n) is 9.07. The molecule has 0 saturated carbocycles. The van der Waals surface area contributed by atoms with Gasteiger partial charge in [-0.25, -0.2) is 4.98 Å². The molecule has 3 nitrogen and oxygen atoms in total. The first-order chi connectivity index (χ1) is 7.18. The van der Waals surface area contributed by atoms with Gasteiger partial charge in [-0.15, -0.1) is 0 Å². The van der Waals surface area contributed by atoms with Crippen molar-refractivity contribution in [2.45, 2.75) is 20.4 Å². The number of aryl methyl sites for hydroxylation is 2. The maximum atomic E-state index is 5.74. The number of anilines is 1. The molecular formula is C12H15N3. The SMILES string of the molecule is Cc1cccc(C)c1Cn1ccnc1N. The van der Waals surface area contributed by atoms with Crippen molar-refractivity contribution in [1.29, 1.82) is 0 Å². The largest absolute Gasteiger partial charge is 0.369 e. The first kappa shape index (κ1) is 9.77. The maximum Gasteiger partial charge on any atom is 0.200 e. The van der Waals surface area contributed by atoms with Crippen LogP contribution in [0, 0.1) is 13.8 Å². The van der Waals surface area contributed by atoms with E-state index in [1.807, 2.05) is 10.8 Å². The fraction of sp³-hybridized carbons (Fsp3) is 0.250. The van der Waals surface area contributed by atoms with E-state index in [4.69, 9.17) is 5.73 Å². The summed E-state index contributed by atoms with van der Waals surface area (Å²) in [7, 11) is 0. The van der Waals surface area contributed by atoms with Crippen LogP contribution in [0.4, 0.5) is 5.95 Å². The third-order valence-electron chi connectivity index (χ3n) is 2.72. The van der Waals surface area contributed by atoms with Gasteiger partial charge in [0.2, 0.25) is 0 Å². The first-order valence-electron chi connectivity index (χ1n) is 5.00. The first-order valence-corrected chi connectivity index (χ1v) is 5.00. The number of imidazole rings is 1. The molecular weight excluding hydrogens is 186 g/mol. The van der Waals surface area contributed by atoms with Crippen molar-refractivity contribution in [3.05, 3.63) is 47.3 Å². The van der Waals surface area contributed by atoms with Gasteiger partial charge in [-0.2, -0.15) is 0 Å². The van der Waals surface area contributed by atoms with Gasteiger partial charge in [-0.05, 0) is 30.5 Å². The molecule has 0 aliphatic heterocycles. The Bertz CT molecular complexity index is 451. The van der Waals surface area contributed by atoms with E-state index in [1.54, 1.807) is 6.20 Å². The van der Waals surface area contributed by atoms with E-state index >= 15 is 0 Å². The van der Waals surface area contributed by atoms with Gasteiger partial charge >= 0.3 is 0 Å². The predicted octanol–water partition coefficient (Wildman–Crippen LogP) is 2.13. The third kappa shape index (κ3) is 1.86. The summed E-state index contributed by atoms with van der Waals surface area (Å²) in [5.41, 5.74) is 9.65. The van der Waals surface area contributed by atoms with Gasteiger partial charge in [-0.3, -0.25) is 0 Å². The molecule has 0 amide bonds. The number of nitrogen functional groups attached to an aromatic ring is 1. The van der Waals surface area contributed by atoms with Crippen LogP contribution in [0.2, 0.25) is 0 Å². The monoisotopic (exact) mass is 201 g/mol. The van der Waals surface area contributed by atoms with Gasteiger partial charge in [0.1, 0.15) is 0 Å². The minimum Gasteiger partial charge on any atom is -0.369 e. The minimum absolute atomic E-state index is 0.567. The van der Waals surface area contributed by atoms with Crippen molar-refractivity contribution < 1.29 is 0 Å². The molecule has 2 rings (SSSR count). The van der Waals surface area contributed by atoms with Crippen molar-refractivity contribution in [1.82, 2.24) is 9.55 Å². The highest BCUT2D eigenvalue weighted by Crippen LogP contribution is 2.15. The number of rotatable bonds is 2. The lowest BCUT2D eigenvalue weighted by Gasteiger charge is -2.11. The van der Waals surface area contributed by atoms with Crippen LogP contribution in [-0.2, 0) is 6.54 Å². The predicted molar refractivity (Wildman–Crippen MR) is 61.7 cm³/mol. The topological polar surface area (TPSA) is 43.8 Å². The normalized spacial score (nSPS) is 10.5. The second kappa shape index (κ2) is 3.77. The van der Waals surface area contributed by atoms with Crippen molar-refractivity contribution in [2.75, 3.05) is 5.73 Å². The summed E-state index contributed by atoms with van der Waals surface area (Å²) in [5.74, 6) is 0.567. The van der Waals surface area contributed by atoms with E-state index < -0.39 is 0 Å². The average molecular weight is 201 g/mol. The summed E-state index contributed by atoms with van der Waals surface area (Å²) in [6.07, 6.45) is 3.63. The van der Waals surface area contributed by atoms with Crippen molar-refractivity contribution in [3.8, 4) is 0 Å². The van der Waals surface area contributed by atoms with E-state index in [1.165, 1.54) is 16.7 Å². The highest BCUT2D eigenvalue weighted by atomic mass is 15.1. The summed E-state index contributed by atoms with van der Waals surface area (Å²) in [4.78, 5) is 4.01. The Hall–Kier alpha value is -1.77. The minimum atomic E-state index is 0.567. The Morgan fingerprint density at radius 1 is 1.27 bits per heavy atom. The van der Waals surface area contributed by atoms with Crippen LogP contribution < -0.4 is 5.73 Å². The molecule has 15 heavy (non-hydrogen) atoms. The van der Waals surface area contributed by atoms with Gasteiger partial charge in [0.15, 0.2) is 5.95 Å². The average Bonchev–Trinajstić information content (AvgIpc) is 2.58. The number of nitrogens with zero attached hydrogens (tertiary/aromatic N) is 2. The van der Waals surface area contributed by atoms with Crippen LogP contribution in [0.5, 0.6) is 0 Å². The van der Waals surface area contributed by atoms with Gasteiger partial charge in [-0.1, -0.05) is 18.2 Å². The standard InChI is InChI=1S/C12H15N3/c1-9-4-3-5-10(2)11(9)8-15-7-6-14-12(15)13/h3-7H,8H2,1-2H3,(H2,13,14). The van der Waals surface area contributed by atoms with E-state index in [-0.39, 0.29) is 0 Å². The highest BCUT2D eigenvalue weighted by Gasteiger charge is 2.04. The Kier molecular flexibility index (Phi) is 2.46. The Morgan fingerprint density at radius 2 is 1.93 bits per heavy atom. The van der Waals surface area contributed by atoms with Crippen LogP contribution in [0.15, 0.2) is 30.6 Å². The van der Waals surface area contributed by atoms with Crippen molar-refractivity contribution in [3.63, 3.8) is 0 Å². The molecule has 0 unspecified atom stereocenters. The van der Waals surface area contributed by atoms with E-state index in [0.717, 1.165) is 6.54 Å². The second-order valence-electron chi connectivity index (χ2n) is 3.78. The summed E-state index contributed by atoms with van der Waals surface area (Å²) in [6, 6.07) is 6.32. The van der Waals surface area contributed by atoms with Gasteiger partial charge < -0.3 is 10.3 Å². The van der Waals surface area contributed by atoms with Crippen LogP contribution in [0.25, 0.3) is 0 Å². The molecule has 2 aromatic rings. The van der Waals surface area contributed by atoms with E-state index in [2.05, 4.69) is 37.0 Å². The van der Waals surface area contributed by atoms with Crippen LogP contribution >= 0.6 is 0 Å². The molecule has 0 spiro atoms. The molecule has 0 fully saturated rings. The molecule has 2 N–H and O–H groups in total. The number of aromatic nitrogens is 2. The zero-order valence-corrected chi connectivity index (χ0v) is 9.07. The van der Waals surface area contributed by atoms with Crippen LogP contribution in [0.3, 0.4) is 0 Å². The van der Waals surface area contributed by atoms with E-state index in [0.29, 0.717) is 5.95 Å². The molecule has 0 bridgehead atoms. The number of benzene rings is 1. The molecule has 0 aliphatic carbocycles. The lowest BCUT2D eigenvalue weighted by molar-refractivity contribution is 0.799. The number of hydrogen-bond donors (Lipinski definition) is 1. The van der Waals surface area contributed by atoms with Crippen LogP contribution in [-0.4, -0.2) is 9.55 Å². The van der Waals surface area contributed by atoms with Gasteiger partial charge in [0.05, 0.1) is 6.54 Å². The quantitative estimate of drug-likeness (QED) is 0.808. The summed E-state index contributed by atoms with van der Waals surface area (Å²) >= 11 is 0. The van der Waals surface area contributed by atoms with Crippen molar-refractivity contribution >= 4 is 5.95 Å². The molecule has 0 atom stereocenters. The summed E-state index contributed by atoms with van der Waals surface area (Å²) in [6.45, 7) is 5.04. The maximum absolute atomic E-state index is 5.74. The fourth-order valence-electron chi connectivity index (χ4n) is 1.74. The zero-order chi connectivity index (χ0) is 10.8. The molecule has 1 heterocycles. The molecule has 0 saturated heterocycles. The van der Waals surface area contributed by atoms with Crippen LogP contribution in [0.1, 0.15) is 16.7 Å². The van der Waals surface area contributed by atoms with Gasteiger partial charge in [0.25, 0.3) is 0 Å². The fourth-order valence-corrected chi connectivity index (χ4v) is 1.74. The lowest BCUT2D eigenvalue weighted by Crippen LogP contribution is -2.06. The third-order valence-corrected chi connectivity index (χ3v) is 2.72. The smallest absolute Gasteiger partial charge is 0.200 e. The Balaban J connectivity index is 2.36. The summed E-state index contributed by atoms with van der Waals surface area (Å²) in [5, 5.41) is 0. The Morgan fingerprint density at radius 3 is 2.47 bits per heavy atom. The molecule has 78 valence electrons. The molecule has 3 heteroatoms. The molecule has 0 radical (unpaired) electrons. The molecule has 1 aromatic carbocycles. The van der Waals surface area contributed by atoms with Gasteiger partial charge in [0, 0.05) is 12.4 Å². The highest BCUT2D eigenvalue weighted by molar-refractivity contribution is 5.34. The molecule has 0 aliphatic rings. The molecule has 1 aromatic heterocycles. The van der Waals surface area contributed by atoms with E-state index in [9.17, 15) is 0 Å². The number of nitrogens with two attached hydrogens (primary N) is 1. The Labute approximate surface area is 89.6 Å². The summed E-state index contributed by atoms with van der Waals surface area (Å²) < 4.78 is 1.95. The number of hydrogen-bond acceptors (Lipinski definition) is 2.